The lowest BCUT2D eigenvalue weighted by Gasteiger charge is -2.05. The molecule has 0 aliphatic heterocycles. The lowest BCUT2D eigenvalue weighted by molar-refractivity contribution is 0.929. The second-order valence-corrected chi connectivity index (χ2v) is 4.94. The van der Waals surface area contributed by atoms with Crippen molar-refractivity contribution in [3.05, 3.63) is 36.3 Å². The first-order chi connectivity index (χ1) is 10.8. The zero-order valence-corrected chi connectivity index (χ0v) is 11.7. The lowest BCUT2D eigenvalue weighted by Crippen LogP contribution is -2.09. The number of aromatic amines is 2. The fraction of sp³-hybridized carbons (Fsp3) is 0.143. The standard InChI is InChI=1S/C14H14N8/c15-14-20-12(8-7-17-22-13(8)21-14)16-6-5-11-18-9-3-1-2-4-10(9)19-11/h1-4,7H,5-6H2,(H,18,19)(H4,15,16,17,20,21,22). The number of nitrogen functional groups attached to an aromatic ring is 1. The van der Waals surface area contributed by atoms with Gasteiger partial charge >= 0.3 is 0 Å². The zero-order valence-electron chi connectivity index (χ0n) is 11.7. The Labute approximate surface area is 125 Å². The van der Waals surface area contributed by atoms with E-state index in [2.05, 4.69) is 35.5 Å². The van der Waals surface area contributed by atoms with Gasteiger partial charge < -0.3 is 16.0 Å². The monoisotopic (exact) mass is 294 g/mol. The van der Waals surface area contributed by atoms with Crippen LogP contribution in [0.2, 0.25) is 0 Å². The number of benzene rings is 1. The first kappa shape index (κ1) is 12.6. The first-order valence-corrected chi connectivity index (χ1v) is 6.94. The quantitative estimate of drug-likeness (QED) is 0.452. The summed E-state index contributed by atoms with van der Waals surface area (Å²) in [5.41, 5.74) is 8.33. The molecule has 5 N–H and O–H groups in total. The molecule has 3 heterocycles. The Morgan fingerprint density at radius 1 is 1.14 bits per heavy atom. The summed E-state index contributed by atoms with van der Waals surface area (Å²) in [4.78, 5) is 16.1. The van der Waals surface area contributed by atoms with Crippen LogP contribution >= 0.6 is 0 Å². The molecule has 0 saturated carbocycles. The third-order valence-corrected chi connectivity index (χ3v) is 3.42. The highest BCUT2D eigenvalue weighted by Gasteiger charge is 2.08. The van der Waals surface area contributed by atoms with Crippen molar-refractivity contribution < 1.29 is 0 Å². The number of rotatable bonds is 4. The van der Waals surface area contributed by atoms with Gasteiger partial charge in [-0.3, -0.25) is 5.10 Å². The Morgan fingerprint density at radius 3 is 2.95 bits per heavy atom. The van der Waals surface area contributed by atoms with Crippen LogP contribution in [0.4, 0.5) is 11.8 Å². The van der Waals surface area contributed by atoms with Gasteiger partial charge in [0.25, 0.3) is 0 Å². The lowest BCUT2D eigenvalue weighted by atomic mass is 10.3. The van der Waals surface area contributed by atoms with Crippen LogP contribution in [-0.4, -0.2) is 36.7 Å². The Hall–Kier alpha value is -3.16. The van der Waals surface area contributed by atoms with E-state index in [9.17, 15) is 0 Å². The molecule has 0 saturated heterocycles. The number of hydrogen-bond donors (Lipinski definition) is 4. The van der Waals surface area contributed by atoms with Gasteiger partial charge in [0.1, 0.15) is 11.6 Å². The van der Waals surface area contributed by atoms with Gasteiger partial charge in [-0.2, -0.15) is 15.1 Å². The van der Waals surface area contributed by atoms with Crippen molar-refractivity contribution in [1.29, 1.82) is 0 Å². The van der Waals surface area contributed by atoms with Crippen molar-refractivity contribution in [3.63, 3.8) is 0 Å². The summed E-state index contributed by atoms with van der Waals surface area (Å²) in [6.07, 6.45) is 2.43. The summed E-state index contributed by atoms with van der Waals surface area (Å²) in [5.74, 6) is 1.81. The van der Waals surface area contributed by atoms with Crippen LogP contribution in [0.25, 0.3) is 22.1 Å². The van der Waals surface area contributed by atoms with Gasteiger partial charge in [-0.05, 0) is 12.1 Å². The number of para-hydroxylation sites is 2. The Kier molecular flexibility index (Phi) is 2.85. The second kappa shape index (κ2) is 4.99. The van der Waals surface area contributed by atoms with Crippen LogP contribution in [-0.2, 0) is 6.42 Å². The molecule has 1 aromatic carbocycles. The third kappa shape index (κ3) is 2.20. The average molecular weight is 294 g/mol. The van der Waals surface area contributed by atoms with E-state index in [-0.39, 0.29) is 5.95 Å². The van der Waals surface area contributed by atoms with Gasteiger partial charge in [-0.15, -0.1) is 0 Å². The van der Waals surface area contributed by atoms with Gasteiger partial charge in [0.05, 0.1) is 22.6 Å². The fourth-order valence-corrected chi connectivity index (χ4v) is 2.41. The Balaban J connectivity index is 1.51. The van der Waals surface area contributed by atoms with Gasteiger partial charge in [0.2, 0.25) is 5.95 Å². The number of aromatic nitrogens is 6. The van der Waals surface area contributed by atoms with Crippen LogP contribution in [0.15, 0.2) is 30.5 Å². The summed E-state index contributed by atoms with van der Waals surface area (Å²) in [5, 5.41) is 10.8. The highest BCUT2D eigenvalue weighted by atomic mass is 15.2. The molecule has 8 heteroatoms. The van der Waals surface area contributed by atoms with Crippen molar-refractivity contribution in [2.45, 2.75) is 6.42 Å². The van der Waals surface area contributed by atoms with Crippen molar-refractivity contribution in [3.8, 4) is 0 Å². The maximum absolute atomic E-state index is 5.69. The summed E-state index contributed by atoms with van der Waals surface area (Å²) in [7, 11) is 0. The highest BCUT2D eigenvalue weighted by Crippen LogP contribution is 2.18. The molecule has 0 fully saturated rings. The molecule has 4 rings (SSSR count). The van der Waals surface area contributed by atoms with Crippen molar-refractivity contribution in [2.75, 3.05) is 17.6 Å². The summed E-state index contributed by atoms with van der Waals surface area (Å²) in [6.45, 7) is 0.677. The van der Waals surface area contributed by atoms with E-state index in [0.29, 0.717) is 18.0 Å². The van der Waals surface area contributed by atoms with Crippen LogP contribution in [0, 0.1) is 0 Å². The minimum absolute atomic E-state index is 0.211. The molecule has 110 valence electrons. The second-order valence-electron chi connectivity index (χ2n) is 4.94. The average Bonchev–Trinajstić information content (AvgIpc) is 3.12. The van der Waals surface area contributed by atoms with E-state index in [0.717, 1.165) is 28.7 Å². The number of imidazole rings is 1. The summed E-state index contributed by atoms with van der Waals surface area (Å²) >= 11 is 0. The predicted molar refractivity (Wildman–Crippen MR) is 84.4 cm³/mol. The summed E-state index contributed by atoms with van der Waals surface area (Å²) < 4.78 is 0. The minimum atomic E-state index is 0.211. The SMILES string of the molecule is Nc1nc(NCCc2nc3ccccc3[nH]2)c2cn[nH]c2n1. The normalized spacial score (nSPS) is 11.3. The van der Waals surface area contributed by atoms with Crippen LogP contribution in [0.1, 0.15) is 5.82 Å². The molecule has 0 bridgehead atoms. The molecule has 0 amide bonds. The van der Waals surface area contributed by atoms with Crippen molar-refractivity contribution in [1.82, 2.24) is 30.1 Å². The minimum Gasteiger partial charge on any atom is -0.369 e. The molecular weight excluding hydrogens is 280 g/mol. The molecule has 0 radical (unpaired) electrons. The molecule has 4 aromatic rings. The van der Waals surface area contributed by atoms with Crippen LogP contribution < -0.4 is 11.1 Å². The van der Waals surface area contributed by atoms with Crippen molar-refractivity contribution >= 4 is 33.8 Å². The maximum atomic E-state index is 5.69. The molecule has 22 heavy (non-hydrogen) atoms. The van der Waals surface area contributed by atoms with E-state index in [1.165, 1.54) is 0 Å². The molecule has 8 nitrogen and oxygen atoms in total. The Bertz CT molecular complexity index is 905. The van der Waals surface area contributed by atoms with Crippen molar-refractivity contribution in [2.24, 2.45) is 0 Å². The van der Waals surface area contributed by atoms with E-state index in [4.69, 9.17) is 5.73 Å². The van der Waals surface area contributed by atoms with Gasteiger partial charge in [-0.1, -0.05) is 12.1 Å². The number of nitrogens with one attached hydrogen (secondary N) is 3. The van der Waals surface area contributed by atoms with Crippen LogP contribution in [0.5, 0.6) is 0 Å². The van der Waals surface area contributed by atoms with E-state index >= 15 is 0 Å². The molecule has 0 spiro atoms. The molecule has 0 unspecified atom stereocenters. The van der Waals surface area contributed by atoms with Gasteiger partial charge in [0.15, 0.2) is 5.65 Å². The predicted octanol–water partition coefficient (Wildman–Crippen LogP) is 1.47. The number of hydrogen-bond acceptors (Lipinski definition) is 6. The molecule has 3 aromatic heterocycles. The summed E-state index contributed by atoms with van der Waals surface area (Å²) in [6, 6.07) is 7.97. The smallest absolute Gasteiger partial charge is 0.224 e. The number of nitrogens with two attached hydrogens (primary N) is 1. The maximum Gasteiger partial charge on any atom is 0.224 e. The Morgan fingerprint density at radius 2 is 2.05 bits per heavy atom. The first-order valence-electron chi connectivity index (χ1n) is 6.94. The molecular formula is C14H14N8. The third-order valence-electron chi connectivity index (χ3n) is 3.42. The highest BCUT2D eigenvalue weighted by molar-refractivity contribution is 5.86. The van der Waals surface area contributed by atoms with Crippen LogP contribution in [0.3, 0.4) is 0 Å². The number of nitrogens with zero attached hydrogens (tertiary/aromatic N) is 4. The van der Waals surface area contributed by atoms with E-state index < -0.39 is 0 Å². The largest absolute Gasteiger partial charge is 0.369 e. The topological polar surface area (TPSA) is 121 Å². The van der Waals surface area contributed by atoms with Gasteiger partial charge in [-0.25, -0.2) is 4.98 Å². The zero-order chi connectivity index (χ0) is 14.9. The van der Waals surface area contributed by atoms with Gasteiger partial charge in [0, 0.05) is 13.0 Å². The number of anilines is 2. The number of fused-ring (bicyclic) bond motifs is 2. The molecule has 0 aliphatic carbocycles. The van der Waals surface area contributed by atoms with E-state index in [1.807, 2.05) is 24.3 Å². The molecule has 0 aliphatic rings. The number of H-pyrrole nitrogens is 2. The van der Waals surface area contributed by atoms with E-state index in [1.54, 1.807) is 6.20 Å². The molecule has 0 atom stereocenters. The fourth-order valence-electron chi connectivity index (χ4n) is 2.41.